The van der Waals surface area contributed by atoms with Crippen molar-refractivity contribution in [1.29, 1.82) is 0 Å². The fraction of sp³-hybridized carbons (Fsp3) is 0.531. The van der Waals surface area contributed by atoms with Gasteiger partial charge in [-0.15, -0.1) is 0 Å². The van der Waals surface area contributed by atoms with Gasteiger partial charge < -0.3 is 25.6 Å². The van der Waals surface area contributed by atoms with E-state index in [-0.39, 0.29) is 30.0 Å². The molecule has 3 N–H and O–H groups in total. The average molecular weight is 599 g/mol. The Hall–Kier alpha value is -3.60. The fourth-order valence-electron chi connectivity index (χ4n) is 6.50. The lowest BCUT2D eigenvalue weighted by molar-refractivity contribution is -0.159. The molecule has 3 aliphatic rings. The van der Waals surface area contributed by atoms with E-state index in [1.165, 1.54) is 6.92 Å². The molecule has 3 atom stereocenters. The first-order valence-electron chi connectivity index (χ1n) is 15.1. The van der Waals surface area contributed by atoms with E-state index in [0.29, 0.717) is 30.3 Å². The van der Waals surface area contributed by atoms with Crippen LogP contribution in [0.4, 0.5) is 24.5 Å². The molecule has 1 aliphatic carbocycles. The van der Waals surface area contributed by atoms with E-state index in [1.807, 2.05) is 50.4 Å². The number of carbonyl (C=O) groups is 1. The zero-order chi connectivity index (χ0) is 30.7. The minimum atomic E-state index is -4.54. The molecular formula is C32H41F3N6O2. The Kier molecular flexibility index (Phi) is 9.29. The number of ketones is 1. The summed E-state index contributed by atoms with van der Waals surface area (Å²) in [5, 5.41) is 9.42. The molecule has 2 aliphatic heterocycles. The summed E-state index contributed by atoms with van der Waals surface area (Å²) >= 11 is 0. The number of guanidine groups is 1. The van der Waals surface area contributed by atoms with E-state index in [4.69, 9.17) is 4.74 Å². The number of nitrogens with one attached hydrogen (secondary N) is 3. The van der Waals surface area contributed by atoms with Gasteiger partial charge in [0, 0.05) is 50.3 Å². The van der Waals surface area contributed by atoms with Crippen molar-refractivity contribution in [1.82, 2.24) is 10.6 Å². The summed E-state index contributed by atoms with van der Waals surface area (Å²) < 4.78 is 48.4. The number of aliphatic imine (C=N–C) groups is 2. The van der Waals surface area contributed by atoms with Gasteiger partial charge in [-0.3, -0.25) is 4.79 Å². The molecule has 0 aromatic heterocycles. The Labute approximate surface area is 251 Å². The Balaban J connectivity index is 1.37. The van der Waals surface area contributed by atoms with Gasteiger partial charge in [-0.1, -0.05) is 25.1 Å². The highest BCUT2D eigenvalue weighted by Crippen LogP contribution is 2.36. The highest BCUT2D eigenvalue weighted by molar-refractivity contribution is 6.06. The number of ether oxygens (including phenoxy) is 1. The van der Waals surface area contributed by atoms with Gasteiger partial charge in [0.25, 0.3) is 0 Å². The topological polar surface area (TPSA) is 90.4 Å². The number of halogens is 3. The van der Waals surface area contributed by atoms with E-state index in [9.17, 15) is 18.0 Å². The van der Waals surface area contributed by atoms with Crippen LogP contribution in [0.1, 0.15) is 62.1 Å². The molecule has 0 amide bonds. The number of alkyl halides is 3. The summed E-state index contributed by atoms with van der Waals surface area (Å²) in [5.41, 5.74) is 4.43. The van der Waals surface area contributed by atoms with E-state index < -0.39 is 18.1 Å². The van der Waals surface area contributed by atoms with E-state index in [2.05, 4.69) is 30.8 Å². The van der Waals surface area contributed by atoms with Crippen molar-refractivity contribution in [3.63, 3.8) is 0 Å². The molecular weight excluding hydrogens is 557 g/mol. The summed E-state index contributed by atoms with van der Waals surface area (Å²) in [6.45, 7) is 5.46. The van der Waals surface area contributed by atoms with Gasteiger partial charge in [-0.05, 0) is 68.0 Å². The first-order valence-corrected chi connectivity index (χ1v) is 15.1. The molecule has 232 valence electrons. The number of hydrogen-bond acceptors (Lipinski definition) is 8. The van der Waals surface area contributed by atoms with E-state index in [1.54, 1.807) is 7.11 Å². The van der Waals surface area contributed by atoms with Crippen LogP contribution in [0, 0.1) is 5.92 Å². The van der Waals surface area contributed by atoms with Crippen molar-refractivity contribution in [2.75, 3.05) is 37.5 Å². The number of anilines is 2. The summed E-state index contributed by atoms with van der Waals surface area (Å²) in [6, 6.07) is 11.0. The van der Waals surface area contributed by atoms with Gasteiger partial charge in [-0.25, -0.2) is 4.99 Å². The van der Waals surface area contributed by atoms with Gasteiger partial charge in [-0.2, -0.15) is 18.2 Å². The number of benzene rings is 2. The lowest BCUT2D eigenvalue weighted by Crippen LogP contribution is -2.48. The van der Waals surface area contributed by atoms with E-state index >= 15 is 0 Å². The average Bonchev–Trinajstić information content (AvgIpc) is 2.99. The second kappa shape index (κ2) is 13.0. The van der Waals surface area contributed by atoms with Gasteiger partial charge >= 0.3 is 6.18 Å². The highest BCUT2D eigenvalue weighted by atomic mass is 19.4. The second-order valence-electron chi connectivity index (χ2n) is 11.6. The van der Waals surface area contributed by atoms with Crippen molar-refractivity contribution in [3.8, 4) is 5.75 Å². The van der Waals surface area contributed by atoms with Gasteiger partial charge in [0.15, 0.2) is 0 Å². The summed E-state index contributed by atoms with van der Waals surface area (Å²) in [7, 11) is 3.55. The van der Waals surface area contributed by atoms with Crippen LogP contribution in [0.25, 0.3) is 0 Å². The third-order valence-electron chi connectivity index (χ3n) is 8.93. The van der Waals surface area contributed by atoms with Crippen LogP contribution in [-0.2, 0) is 17.8 Å². The van der Waals surface area contributed by atoms with Crippen LogP contribution in [-0.4, -0.2) is 63.1 Å². The molecule has 43 heavy (non-hydrogen) atoms. The van der Waals surface area contributed by atoms with Crippen LogP contribution in [0.3, 0.4) is 0 Å². The molecule has 0 bridgehead atoms. The number of rotatable bonds is 7. The maximum absolute atomic E-state index is 14.2. The predicted octanol–water partition coefficient (Wildman–Crippen LogP) is 5.43. The van der Waals surface area contributed by atoms with Gasteiger partial charge in [0.1, 0.15) is 23.3 Å². The summed E-state index contributed by atoms with van der Waals surface area (Å²) in [4.78, 5) is 23.4. The molecule has 8 nitrogen and oxygen atoms in total. The molecule has 0 radical (unpaired) electrons. The molecule has 5 rings (SSSR count). The highest BCUT2D eigenvalue weighted by Gasteiger charge is 2.48. The quantitative estimate of drug-likeness (QED) is 0.394. The number of fused-ring (bicyclic) bond motifs is 1. The second-order valence-corrected chi connectivity index (χ2v) is 11.6. The van der Waals surface area contributed by atoms with Gasteiger partial charge in [0.2, 0.25) is 5.96 Å². The minimum Gasteiger partial charge on any atom is -0.494 e. The number of nitrogens with zero attached hydrogens (tertiary/aromatic N) is 3. The number of hydrogen-bond donors (Lipinski definition) is 3. The Bertz CT molecular complexity index is 1380. The first kappa shape index (κ1) is 30.8. The summed E-state index contributed by atoms with van der Waals surface area (Å²) in [6.07, 6.45) is -0.821. The summed E-state index contributed by atoms with van der Waals surface area (Å²) in [5.74, 6) is -1.16. The molecule has 0 spiro atoms. The molecule has 3 unspecified atom stereocenters. The maximum Gasteiger partial charge on any atom is 0.400 e. The van der Waals surface area contributed by atoms with Crippen LogP contribution in [0.5, 0.6) is 5.75 Å². The Morgan fingerprint density at radius 2 is 1.91 bits per heavy atom. The van der Waals surface area contributed by atoms with Crippen molar-refractivity contribution < 1.29 is 22.7 Å². The standard InChI is InChI=1S/C32H41F3N6O2/c1-5-20-15-24(42)17-26-21(7-6-8-25(20)26)18-37-30-29(32(33,34)35)19(2)38-31(40-30)39-27-10-9-23(16-28(27)43-4)41-13-11-22(36-3)12-14-41/h6-10,16,19-20,22,29,36H,5,11-15,17-18H2,1-4H3,(H2,37,38,39,40). The van der Waals surface area contributed by atoms with E-state index in [0.717, 1.165) is 54.7 Å². The zero-order valence-electron chi connectivity index (χ0n) is 25.2. The van der Waals surface area contributed by atoms with Crippen LogP contribution in [0.2, 0.25) is 0 Å². The van der Waals surface area contributed by atoms with Crippen molar-refractivity contribution >= 4 is 29.0 Å². The van der Waals surface area contributed by atoms with Crippen LogP contribution >= 0.6 is 0 Å². The van der Waals surface area contributed by atoms with Crippen molar-refractivity contribution in [2.24, 2.45) is 15.9 Å². The third-order valence-corrected chi connectivity index (χ3v) is 8.93. The number of methoxy groups -OCH3 is 1. The number of amidine groups is 1. The third kappa shape index (κ3) is 6.82. The number of piperidine rings is 1. The van der Waals surface area contributed by atoms with Crippen molar-refractivity contribution in [3.05, 3.63) is 53.1 Å². The van der Waals surface area contributed by atoms with Crippen LogP contribution < -0.4 is 25.6 Å². The Morgan fingerprint density at radius 1 is 1.14 bits per heavy atom. The van der Waals surface area contributed by atoms with Gasteiger partial charge in [0.05, 0.1) is 18.8 Å². The predicted molar refractivity (Wildman–Crippen MR) is 164 cm³/mol. The normalized spacial score (nSPS) is 22.9. The molecule has 11 heteroatoms. The fourth-order valence-corrected chi connectivity index (χ4v) is 6.50. The lowest BCUT2D eigenvalue weighted by Gasteiger charge is -2.34. The first-order chi connectivity index (χ1) is 20.6. The molecule has 2 heterocycles. The molecule has 2 aromatic carbocycles. The molecule has 1 saturated heterocycles. The number of Topliss-reactive ketones (excluding diaryl/α,β-unsaturated/α-hetero) is 1. The SMILES string of the molecule is CCC1CC(=O)Cc2c(CNC3=NC(Nc4ccc(N5CCC(NC)CC5)cc4OC)=NC(C)C3C(F)(F)F)cccc21. The molecule has 2 aromatic rings. The lowest BCUT2D eigenvalue weighted by atomic mass is 9.79. The smallest absolute Gasteiger partial charge is 0.400 e. The monoisotopic (exact) mass is 598 g/mol. The number of carbonyl (C=O) groups excluding carboxylic acids is 1. The van der Waals surface area contributed by atoms with Crippen molar-refractivity contribution in [2.45, 2.75) is 76.7 Å². The zero-order valence-corrected chi connectivity index (χ0v) is 25.2. The Morgan fingerprint density at radius 3 is 2.58 bits per heavy atom. The maximum atomic E-state index is 14.2. The molecule has 0 saturated carbocycles. The molecule has 1 fully saturated rings. The largest absolute Gasteiger partial charge is 0.494 e. The minimum absolute atomic E-state index is 0.0766. The van der Waals surface area contributed by atoms with Crippen LogP contribution in [0.15, 0.2) is 46.4 Å².